The summed E-state index contributed by atoms with van der Waals surface area (Å²) in [5.74, 6) is -1.22. The summed E-state index contributed by atoms with van der Waals surface area (Å²) in [6.45, 7) is 5.68. The molecule has 0 radical (unpaired) electrons. The number of carbonyl (C=O) groups is 3. The number of rotatable bonds is 6. The van der Waals surface area contributed by atoms with Gasteiger partial charge in [0, 0.05) is 26.1 Å². The summed E-state index contributed by atoms with van der Waals surface area (Å²) >= 11 is 0. The summed E-state index contributed by atoms with van der Waals surface area (Å²) in [5, 5.41) is 13.7. The van der Waals surface area contributed by atoms with Crippen LogP contribution in [-0.2, 0) is 14.3 Å². The molecule has 0 spiro atoms. The fourth-order valence-corrected chi connectivity index (χ4v) is 2.00. The maximum absolute atomic E-state index is 12.1. The van der Waals surface area contributed by atoms with Crippen LogP contribution in [0.5, 0.6) is 0 Å². The normalized spacial score (nSPS) is 17.7. The second-order valence-electron chi connectivity index (χ2n) is 5.22. The van der Waals surface area contributed by atoms with E-state index in [1.807, 2.05) is 0 Å². The fourth-order valence-electron chi connectivity index (χ4n) is 2.00. The van der Waals surface area contributed by atoms with Crippen molar-refractivity contribution in [2.45, 2.75) is 26.3 Å². The van der Waals surface area contributed by atoms with Gasteiger partial charge in [-0.15, -0.1) is 0 Å². The number of aliphatic carboxylic acids is 1. The van der Waals surface area contributed by atoms with E-state index >= 15 is 0 Å². The third-order valence-electron chi connectivity index (χ3n) is 3.17. The molecule has 120 valence electrons. The van der Waals surface area contributed by atoms with Crippen molar-refractivity contribution < 1.29 is 24.2 Å². The van der Waals surface area contributed by atoms with Gasteiger partial charge in [0.25, 0.3) is 0 Å². The lowest BCUT2D eigenvalue weighted by molar-refractivity contribution is -0.138. The Labute approximate surface area is 123 Å². The van der Waals surface area contributed by atoms with Gasteiger partial charge in [-0.1, -0.05) is 6.92 Å². The SMILES string of the molecule is CC(CNC(=O)NC(C)C(=O)N1CCOCC1)CC(=O)O. The molecule has 1 saturated heterocycles. The molecule has 0 aromatic heterocycles. The molecule has 1 fully saturated rings. The topological polar surface area (TPSA) is 108 Å². The van der Waals surface area contributed by atoms with Crippen LogP contribution in [0, 0.1) is 5.92 Å². The molecule has 3 N–H and O–H groups in total. The maximum atomic E-state index is 12.1. The molecule has 8 heteroatoms. The van der Waals surface area contributed by atoms with Gasteiger partial charge in [-0.25, -0.2) is 4.79 Å². The Kier molecular flexibility index (Phi) is 6.93. The number of hydrogen-bond donors (Lipinski definition) is 3. The smallest absolute Gasteiger partial charge is 0.315 e. The predicted octanol–water partition coefficient (Wildman–Crippen LogP) is -0.356. The van der Waals surface area contributed by atoms with E-state index in [4.69, 9.17) is 9.84 Å². The van der Waals surface area contributed by atoms with Crippen molar-refractivity contribution in [2.75, 3.05) is 32.8 Å². The minimum Gasteiger partial charge on any atom is -0.481 e. The van der Waals surface area contributed by atoms with Crippen LogP contribution in [0.2, 0.25) is 0 Å². The van der Waals surface area contributed by atoms with Crippen molar-refractivity contribution in [1.82, 2.24) is 15.5 Å². The molecule has 1 aliphatic rings. The average molecular weight is 301 g/mol. The van der Waals surface area contributed by atoms with Crippen LogP contribution >= 0.6 is 0 Å². The first-order valence-electron chi connectivity index (χ1n) is 7.03. The van der Waals surface area contributed by atoms with E-state index in [0.717, 1.165) is 0 Å². The molecule has 2 atom stereocenters. The van der Waals surface area contributed by atoms with Crippen LogP contribution in [0.25, 0.3) is 0 Å². The van der Waals surface area contributed by atoms with Gasteiger partial charge in [-0.2, -0.15) is 0 Å². The number of carboxylic acids is 1. The third kappa shape index (κ3) is 6.44. The van der Waals surface area contributed by atoms with Gasteiger partial charge < -0.3 is 25.4 Å². The molecule has 2 unspecified atom stereocenters. The summed E-state index contributed by atoms with van der Waals surface area (Å²) in [5.41, 5.74) is 0. The Balaban J connectivity index is 2.29. The lowest BCUT2D eigenvalue weighted by atomic mass is 10.1. The van der Waals surface area contributed by atoms with Gasteiger partial charge in [-0.05, 0) is 12.8 Å². The molecule has 0 bridgehead atoms. The van der Waals surface area contributed by atoms with Crippen molar-refractivity contribution in [2.24, 2.45) is 5.92 Å². The van der Waals surface area contributed by atoms with Crippen molar-refractivity contribution >= 4 is 17.9 Å². The standard InChI is InChI=1S/C13H23N3O5/c1-9(7-11(17)18)8-14-13(20)15-10(2)12(19)16-3-5-21-6-4-16/h9-10H,3-8H2,1-2H3,(H,17,18)(H2,14,15,20). The second-order valence-corrected chi connectivity index (χ2v) is 5.22. The molecule has 0 saturated carbocycles. The first kappa shape index (κ1) is 17.2. The number of ether oxygens (including phenoxy) is 1. The molecular weight excluding hydrogens is 278 g/mol. The number of urea groups is 1. The maximum Gasteiger partial charge on any atom is 0.315 e. The minimum absolute atomic E-state index is 0.0114. The number of nitrogens with zero attached hydrogens (tertiary/aromatic N) is 1. The number of nitrogens with one attached hydrogen (secondary N) is 2. The molecule has 0 aromatic rings. The summed E-state index contributed by atoms with van der Waals surface area (Å²) in [7, 11) is 0. The predicted molar refractivity (Wildman–Crippen MR) is 74.8 cm³/mol. The van der Waals surface area contributed by atoms with E-state index in [1.165, 1.54) is 0 Å². The molecule has 0 aliphatic carbocycles. The van der Waals surface area contributed by atoms with Crippen LogP contribution in [-0.4, -0.2) is 66.8 Å². The van der Waals surface area contributed by atoms with Crippen molar-refractivity contribution in [3.63, 3.8) is 0 Å². The zero-order chi connectivity index (χ0) is 15.8. The van der Waals surface area contributed by atoms with Crippen molar-refractivity contribution in [3.05, 3.63) is 0 Å². The molecule has 0 aromatic carbocycles. The van der Waals surface area contributed by atoms with E-state index in [-0.39, 0.29) is 24.8 Å². The van der Waals surface area contributed by atoms with Gasteiger partial charge in [0.05, 0.1) is 13.2 Å². The lowest BCUT2D eigenvalue weighted by Gasteiger charge is -2.29. The summed E-state index contributed by atoms with van der Waals surface area (Å²) in [6, 6.07) is -1.10. The largest absolute Gasteiger partial charge is 0.481 e. The summed E-state index contributed by atoms with van der Waals surface area (Å²) in [6.07, 6.45) is -0.0114. The zero-order valence-corrected chi connectivity index (χ0v) is 12.4. The van der Waals surface area contributed by atoms with Gasteiger partial charge in [0.15, 0.2) is 0 Å². The van der Waals surface area contributed by atoms with E-state index < -0.39 is 18.0 Å². The average Bonchev–Trinajstić information content (AvgIpc) is 2.44. The van der Waals surface area contributed by atoms with Gasteiger partial charge >= 0.3 is 12.0 Å². The van der Waals surface area contributed by atoms with Crippen LogP contribution < -0.4 is 10.6 Å². The number of morpholine rings is 1. The van der Waals surface area contributed by atoms with Gasteiger partial charge in [-0.3, -0.25) is 9.59 Å². The highest BCUT2D eigenvalue weighted by Crippen LogP contribution is 2.01. The van der Waals surface area contributed by atoms with Crippen molar-refractivity contribution in [1.29, 1.82) is 0 Å². The first-order chi connectivity index (χ1) is 9.90. The molecule has 21 heavy (non-hydrogen) atoms. The van der Waals surface area contributed by atoms with E-state index in [0.29, 0.717) is 26.3 Å². The monoisotopic (exact) mass is 301 g/mol. The minimum atomic E-state index is -0.902. The van der Waals surface area contributed by atoms with Crippen LogP contribution in [0.15, 0.2) is 0 Å². The zero-order valence-electron chi connectivity index (χ0n) is 12.4. The van der Waals surface area contributed by atoms with Gasteiger partial charge in [0.2, 0.25) is 5.91 Å². The van der Waals surface area contributed by atoms with Gasteiger partial charge in [0.1, 0.15) is 6.04 Å². The van der Waals surface area contributed by atoms with Crippen LogP contribution in [0.3, 0.4) is 0 Å². The molecule has 1 aliphatic heterocycles. The Bertz CT molecular complexity index is 382. The number of carboxylic acid groups (broad SMARTS) is 1. The number of carbonyl (C=O) groups excluding carboxylic acids is 2. The Hall–Kier alpha value is -1.83. The second kappa shape index (κ2) is 8.46. The lowest BCUT2D eigenvalue weighted by Crippen LogP contribution is -2.52. The van der Waals surface area contributed by atoms with Crippen molar-refractivity contribution in [3.8, 4) is 0 Å². The highest BCUT2D eigenvalue weighted by atomic mass is 16.5. The Morgan fingerprint density at radius 1 is 1.24 bits per heavy atom. The van der Waals surface area contributed by atoms with E-state index in [2.05, 4.69) is 10.6 Å². The van der Waals surface area contributed by atoms with E-state index in [9.17, 15) is 14.4 Å². The molecule has 1 heterocycles. The van der Waals surface area contributed by atoms with Crippen LogP contribution in [0.1, 0.15) is 20.3 Å². The van der Waals surface area contributed by atoms with Crippen LogP contribution in [0.4, 0.5) is 4.79 Å². The number of hydrogen-bond acceptors (Lipinski definition) is 4. The fraction of sp³-hybridized carbons (Fsp3) is 0.769. The number of amides is 3. The quantitative estimate of drug-likeness (QED) is 0.621. The summed E-state index contributed by atoms with van der Waals surface area (Å²) in [4.78, 5) is 35.9. The molecule has 1 rings (SSSR count). The summed E-state index contributed by atoms with van der Waals surface area (Å²) < 4.78 is 5.17. The first-order valence-corrected chi connectivity index (χ1v) is 7.03. The molecular formula is C13H23N3O5. The third-order valence-corrected chi connectivity index (χ3v) is 3.17. The molecule has 3 amide bonds. The van der Waals surface area contributed by atoms with E-state index in [1.54, 1.807) is 18.7 Å². The Morgan fingerprint density at radius 3 is 2.43 bits per heavy atom. The highest BCUT2D eigenvalue weighted by Gasteiger charge is 2.23. The highest BCUT2D eigenvalue weighted by molar-refractivity contribution is 5.86. The Morgan fingerprint density at radius 2 is 1.86 bits per heavy atom. The molecule has 8 nitrogen and oxygen atoms in total.